The van der Waals surface area contributed by atoms with E-state index < -0.39 is 51.3 Å². The van der Waals surface area contributed by atoms with Crippen LogP contribution >= 0.6 is 0 Å². The van der Waals surface area contributed by atoms with Crippen LogP contribution in [-0.4, -0.2) is 74.7 Å². The molecule has 7 aliphatic carbocycles. The topological polar surface area (TPSA) is 134 Å². The van der Waals surface area contributed by atoms with Crippen molar-refractivity contribution in [2.45, 2.75) is 238 Å². The number of aromatic amines is 1. The number of allylic oxidation sites excluding steroid dienone is 1. The molecule has 3 aromatic rings. The van der Waals surface area contributed by atoms with E-state index in [0.29, 0.717) is 62.2 Å². The normalized spacial score (nSPS) is 39.7. The molecule has 0 unspecified atom stereocenters. The Morgan fingerprint density at radius 2 is 1.48 bits per heavy atom. The number of ketones is 2. The summed E-state index contributed by atoms with van der Waals surface area (Å²) in [5.41, 5.74) is 6.85. The number of aromatic nitrogens is 2. The summed E-state index contributed by atoms with van der Waals surface area (Å²) in [6.07, 6.45) is 25.3. The molecule has 1 spiro atoms. The minimum Gasteiger partial charge on any atom is -0.392 e. The van der Waals surface area contributed by atoms with E-state index >= 15 is 9.59 Å². The molecule has 75 heavy (non-hydrogen) atoms. The SMILES string of the molecule is CC1(C)O[C@@H]1[C@H](O)C[C@]1(C)CCc2c[nH]c3c([C@H](C=O)c4cc(C5CCCCC5)cc(C5CCOCC5)c4)cn(c23)C[C@@H]2C3=C1C(=O)C[C@]3(C)[C@@]1(C)CC[C@@H]3[C@](C)([C@H]1[C@@H]2O)C1(CCCC1)CC(=O)[C@@]3(C)C1CCCC1. The average molecular weight is 1020 g/mol. The maximum Gasteiger partial charge on any atom is 0.160 e. The Bertz CT molecular complexity index is 2770. The van der Waals surface area contributed by atoms with Crippen LogP contribution in [0.3, 0.4) is 0 Å². The fourth-order valence-corrected chi connectivity index (χ4v) is 21.1. The lowest BCUT2D eigenvalue weighted by Crippen LogP contribution is -2.73. The van der Waals surface area contributed by atoms with Gasteiger partial charge in [0.15, 0.2) is 5.78 Å². The molecule has 10 aliphatic rings. The number of hydrogen-bond donors (Lipinski definition) is 3. The Hall–Kier alpha value is -3.37. The molecule has 12 atom stereocenters. The van der Waals surface area contributed by atoms with Crippen LogP contribution < -0.4 is 0 Å². The number of rotatable bonds is 9. The number of Topliss-reactive ketones (excluding diaryl/α,β-unsaturated/α-hetero) is 2. The molecule has 0 radical (unpaired) electrons. The third-order valence-corrected chi connectivity index (χ3v) is 25.2. The number of aliphatic hydroxyl groups is 2. The molecule has 2 saturated heterocycles. The van der Waals surface area contributed by atoms with Gasteiger partial charge in [-0.25, -0.2) is 0 Å². The highest BCUT2D eigenvalue weighted by Crippen LogP contribution is 2.81. The van der Waals surface area contributed by atoms with Gasteiger partial charge in [-0.15, -0.1) is 0 Å². The molecular formula is C66H90N2O7. The number of hydrogen-bond acceptors (Lipinski definition) is 7. The number of nitrogens with zero attached hydrogens (tertiary/aromatic N) is 1. The maximum atomic E-state index is 15.8. The van der Waals surface area contributed by atoms with Gasteiger partial charge in [-0.3, -0.25) is 9.59 Å². The predicted molar refractivity (Wildman–Crippen MR) is 293 cm³/mol. The maximum absolute atomic E-state index is 15.8. The molecule has 406 valence electrons. The fraction of sp³-hybridized carbons (Fsp3) is 0.742. The highest BCUT2D eigenvalue weighted by atomic mass is 16.6. The van der Waals surface area contributed by atoms with E-state index in [0.717, 1.165) is 116 Å². The van der Waals surface area contributed by atoms with Gasteiger partial charge in [0.2, 0.25) is 0 Å². The first-order valence-corrected chi connectivity index (χ1v) is 30.5. The van der Waals surface area contributed by atoms with Gasteiger partial charge >= 0.3 is 0 Å². The number of ether oxygens (including phenoxy) is 2. The Morgan fingerprint density at radius 1 is 0.813 bits per heavy atom. The number of epoxide rings is 1. The minimum absolute atomic E-state index is 0.146. The lowest BCUT2D eigenvalue weighted by Gasteiger charge is -2.74. The Labute approximate surface area is 447 Å². The van der Waals surface area contributed by atoms with Crippen molar-refractivity contribution in [2.24, 2.45) is 56.2 Å². The van der Waals surface area contributed by atoms with E-state index in [2.05, 4.69) is 74.8 Å². The van der Waals surface area contributed by atoms with E-state index in [9.17, 15) is 15.0 Å². The lowest BCUT2D eigenvalue weighted by molar-refractivity contribution is -0.266. The summed E-state index contributed by atoms with van der Waals surface area (Å²) >= 11 is 0. The van der Waals surface area contributed by atoms with Crippen molar-refractivity contribution in [3.05, 3.63) is 69.6 Å². The molecule has 13 rings (SSSR count). The van der Waals surface area contributed by atoms with Crippen molar-refractivity contribution >= 4 is 28.9 Å². The molecule has 0 amide bonds. The van der Waals surface area contributed by atoms with Gasteiger partial charge in [-0.1, -0.05) is 97.8 Å². The van der Waals surface area contributed by atoms with Gasteiger partial charge in [0.25, 0.3) is 0 Å². The van der Waals surface area contributed by atoms with Crippen molar-refractivity contribution in [3.63, 3.8) is 0 Å². The Morgan fingerprint density at radius 3 is 2.15 bits per heavy atom. The second-order valence-corrected chi connectivity index (χ2v) is 29.0. The first kappa shape index (κ1) is 51.1. The van der Waals surface area contributed by atoms with E-state index in [1.807, 2.05) is 13.8 Å². The van der Waals surface area contributed by atoms with Crippen molar-refractivity contribution in [2.75, 3.05) is 13.2 Å². The first-order valence-electron chi connectivity index (χ1n) is 30.5. The summed E-state index contributed by atoms with van der Waals surface area (Å²) in [6, 6.07) is 7.18. The summed E-state index contributed by atoms with van der Waals surface area (Å²) in [5, 5.41) is 26.6. The first-order chi connectivity index (χ1) is 35.8. The van der Waals surface area contributed by atoms with Crippen LogP contribution in [0.2, 0.25) is 0 Å². The molecule has 9 nitrogen and oxygen atoms in total. The number of carbonyl (C=O) groups is 3. The third kappa shape index (κ3) is 7.29. The van der Waals surface area contributed by atoms with E-state index in [1.165, 1.54) is 62.4 Å². The van der Waals surface area contributed by atoms with Crippen molar-refractivity contribution in [1.29, 1.82) is 0 Å². The standard InChI is InChI=1S/C66H90N2O7/c1-60(2)59(75-60)50(71)32-61(3)25-19-41-35-67-55-46(48(38-69)44-30-42(39-15-9-8-10-16-39)29-43(31-44)40-21-27-74-28-22-40)36-68(56(41)55)37-47-53-54(61)49(70)33-63(53,5)62(4)26-20-51-64(6,45-17-11-12-18-45)52(72)34-66(23-13-14-24-66)65(51,7)58(62)57(47)73/h29-31,35-36,38-40,45,47-48,50-51,57-59,67,71,73H,8-28,32-34,37H2,1-7H3/t47-,48-,50-,51+,57-,58+,59-,61+,62+,63+,64+,65-/m1/s1. The number of carbonyl (C=O) groups excluding carboxylic acids is 3. The van der Waals surface area contributed by atoms with E-state index in [4.69, 9.17) is 9.47 Å². The Kier molecular flexibility index (Phi) is 12.1. The second-order valence-electron chi connectivity index (χ2n) is 29.0. The van der Waals surface area contributed by atoms with Crippen LogP contribution in [0.5, 0.6) is 0 Å². The number of aryl methyl sites for hydroxylation is 1. The number of fused-ring (bicyclic) bond motifs is 5. The third-order valence-electron chi connectivity index (χ3n) is 25.2. The van der Waals surface area contributed by atoms with Crippen LogP contribution in [0, 0.1) is 56.2 Å². The molecule has 2 aromatic heterocycles. The summed E-state index contributed by atoms with van der Waals surface area (Å²) in [5.74, 6) is 1.02. The minimum atomic E-state index is -0.788. The smallest absolute Gasteiger partial charge is 0.160 e. The largest absolute Gasteiger partial charge is 0.392 e. The molecule has 8 fully saturated rings. The van der Waals surface area contributed by atoms with E-state index in [-0.39, 0.29) is 34.6 Å². The number of nitrogens with one attached hydrogen (secondary N) is 1. The van der Waals surface area contributed by atoms with Crippen LogP contribution in [-0.2, 0) is 36.8 Å². The highest BCUT2D eigenvalue weighted by Gasteiger charge is 2.78. The molecule has 5 heterocycles. The zero-order chi connectivity index (χ0) is 52.2. The lowest BCUT2D eigenvalue weighted by atomic mass is 9.29. The van der Waals surface area contributed by atoms with Crippen molar-refractivity contribution in [3.8, 4) is 0 Å². The predicted octanol–water partition coefficient (Wildman–Crippen LogP) is 13.2. The number of benzene rings is 1. The zero-order valence-electron chi connectivity index (χ0n) is 46.8. The van der Waals surface area contributed by atoms with Gasteiger partial charge in [-0.05, 0) is 176 Å². The summed E-state index contributed by atoms with van der Waals surface area (Å²) < 4.78 is 14.4. The summed E-state index contributed by atoms with van der Waals surface area (Å²) in [4.78, 5) is 48.9. The van der Waals surface area contributed by atoms with Gasteiger partial charge in [-0.2, -0.15) is 0 Å². The van der Waals surface area contributed by atoms with Crippen LogP contribution in [0.15, 0.2) is 41.7 Å². The van der Waals surface area contributed by atoms with Gasteiger partial charge in [0.1, 0.15) is 18.2 Å². The number of aldehydes is 1. The molecule has 9 heteroatoms. The Balaban J connectivity index is 0.993. The van der Waals surface area contributed by atoms with Crippen molar-refractivity contribution in [1.82, 2.24) is 9.55 Å². The van der Waals surface area contributed by atoms with E-state index in [1.54, 1.807) is 0 Å². The van der Waals surface area contributed by atoms with Gasteiger partial charge < -0.3 is 34.0 Å². The monoisotopic (exact) mass is 1020 g/mol. The van der Waals surface area contributed by atoms with Crippen molar-refractivity contribution < 1.29 is 34.1 Å². The molecule has 1 aromatic carbocycles. The zero-order valence-corrected chi connectivity index (χ0v) is 46.8. The van der Waals surface area contributed by atoms with Crippen LogP contribution in [0.25, 0.3) is 11.0 Å². The molecule has 6 saturated carbocycles. The summed E-state index contributed by atoms with van der Waals surface area (Å²) in [7, 11) is 0. The van der Waals surface area contributed by atoms with Crippen LogP contribution in [0.1, 0.15) is 229 Å². The van der Waals surface area contributed by atoms with Gasteiger partial charge in [0.05, 0.1) is 34.8 Å². The molecular weight excluding hydrogens is 933 g/mol. The highest BCUT2D eigenvalue weighted by molar-refractivity contribution is 6.02. The average Bonchev–Trinajstić information content (AvgIpc) is 4.20. The molecule has 3 aliphatic heterocycles. The number of H-pyrrole nitrogens is 1. The quantitative estimate of drug-likeness (QED) is 0.144. The fourth-order valence-electron chi connectivity index (χ4n) is 21.1. The van der Waals surface area contributed by atoms with Gasteiger partial charge in [0, 0.05) is 72.9 Å². The number of aliphatic hydroxyl groups excluding tert-OH is 2. The molecule has 3 N–H and O–H groups in total. The van der Waals surface area contributed by atoms with Crippen LogP contribution in [0.4, 0.5) is 0 Å². The molecule has 0 bridgehead atoms. The second kappa shape index (κ2) is 17.8. The summed E-state index contributed by atoms with van der Waals surface area (Å²) in [6.45, 7) is 18.2.